The molecule has 1 aliphatic rings. The lowest BCUT2D eigenvalue weighted by Gasteiger charge is -2.49. The summed E-state index contributed by atoms with van der Waals surface area (Å²) in [6.45, 7) is 14.0. The van der Waals surface area contributed by atoms with Gasteiger partial charge in [-0.15, -0.1) is 0 Å². The first-order valence-corrected chi connectivity index (χ1v) is 16.6. The van der Waals surface area contributed by atoms with Crippen molar-refractivity contribution in [3.05, 3.63) is 102 Å². The lowest BCUT2D eigenvalue weighted by Crippen LogP contribution is -2.49. The summed E-state index contributed by atoms with van der Waals surface area (Å²) in [7, 11) is 0. The molecule has 1 saturated heterocycles. The number of para-hydroxylation sites is 1. The Labute approximate surface area is 278 Å². The zero-order valence-electron chi connectivity index (χ0n) is 28.5. The molecule has 0 saturated carbocycles. The minimum absolute atomic E-state index is 0.0337. The summed E-state index contributed by atoms with van der Waals surface area (Å²) in [6.07, 6.45) is 0.758. The van der Waals surface area contributed by atoms with Crippen LogP contribution in [-0.2, 0) is 20.8 Å². The Morgan fingerprint density at radius 2 is 1.45 bits per heavy atom. The molecule has 2 heterocycles. The second-order valence-electron chi connectivity index (χ2n) is 14.1. The van der Waals surface area contributed by atoms with E-state index in [2.05, 4.69) is 75.7 Å². The Morgan fingerprint density at radius 3 is 2.02 bits per heavy atom. The average molecular weight is 637 g/mol. The number of hydrogen-bond donors (Lipinski definition) is 2. The molecule has 5 rings (SSSR count). The molecule has 7 nitrogen and oxygen atoms in total. The largest absolute Gasteiger partial charge is 0.481 e. The van der Waals surface area contributed by atoms with Crippen LogP contribution >= 0.6 is 0 Å². The van der Waals surface area contributed by atoms with E-state index in [4.69, 9.17) is 9.47 Å². The summed E-state index contributed by atoms with van der Waals surface area (Å²) in [6, 6.07) is 30.2. The van der Waals surface area contributed by atoms with Gasteiger partial charge in [0, 0.05) is 29.9 Å². The highest BCUT2D eigenvalue weighted by Gasteiger charge is 2.46. The third kappa shape index (κ3) is 7.37. The molecule has 2 N–H and O–H groups in total. The molecule has 4 aromatic rings. The van der Waals surface area contributed by atoms with Crippen LogP contribution in [0.5, 0.6) is 0 Å². The van der Waals surface area contributed by atoms with Gasteiger partial charge < -0.3 is 24.5 Å². The quantitative estimate of drug-likeness (QED) is 0.162. The topological polar surface area (TPSA) is 89.8 Å². The van der Waals surface area contributed by atoms with Crippen LogP contribution in [0, 0.1) is 10.8 Å². The SMILES string of the molecule is CC(C)c1c(C(=O)Nc2ccccc2)c(-c2ccccc2)c(-c2ccccc2)n1CCC(C)(C)C(C)(C)[C@H]1C[C@@H](CC(=O)O)OCO1. The predicted octanol–water partition coefficient (Wildman–Crippen LogP) is 9.25. The molecular formula is C40H48N2O5. The predicted molar refractivity (Wildman–Crippen MR) is 187 cm³/mol. The number of aromatic nitrogens is 1. The van der Waals surface area contributed by atoms with Crippen molar-refractivity contribution in [2.24, 2.45) is 10.8 Å². The first kappa shape index (κ1) is 34.1. The maximum Gasteiger partial charge on any atom is 0.305 e. The van der Waals surface area contributed by atoms with Gasteiger partial charge in [-0.3, -0.25) is 9.59 Å². The minimum atomic E-state index is -0.865. The maximum absolute atomic E-state index is 14.4. The van der Waals surface area contributed by atoms with Crippen LogP contribution < -0.4 is 5.32 Å². The lowest BCUT2D eigenvalue weighted by molar-refractivity contribution is -0.221. The summed E-state index contributed by atoms with van der Waals surface area (Å²) in [4.78, 5) is 25.9. The molecule has 248 valence electrons. The van der Waals surface area contributed by atoms with Gasteiger partial charge >= 0.3 is 5.97 Å². The van der Waals surface area contributed by atoms with Gasteiger partial charge in [0.15, 0.2) is 0 Å². The number of carboxylic acid groups (broad SMARTS) is 1. The number of carbonyl (C=O) groups is 2. The van der Waals surface area contributed by atoms with Crippen LogP contribution in [0.15, 0.2) is 91.0 Å². The van der Waals surface area contributed by atoms with Gasteiger partial charge in [0.2, 0.25) is 0 Å². The van der Waals surface area contributed by atoms with Crippen molar-refractivity contribution < 1.29 is 24.2 Å². The molecule has 1 aliphatic heterocycles. The number of nitrogens with one attached hydrogen (secondary N) is 1. The lowest BCUT2D eigenvalue weighted by atomic mass is 9.62. The zero-order valence-corrected chi connectivity index (χ0v) is 28.5. The Balaban J connectivity index is 1.62. The van der Waals surface area contributed by atoms with Gasteiger partial charge in [-0.2, -0.15) is 0 Å². The Bertz CT molecular complexity index is 1660. The number of carbonyl (C=O) groups excluding carboxylic acids is 1. The van der Waals surface area contributed by atoms with E-state index in [1.807, 2.05) is 66.7 Å². The molecule has 0 bridgehead atoms. The van der Waals surface area contributed by atoms with Crippen molar-refractivity contribution in [2.75, 3.05) is 12.1 Å². The fourth-order valence-corrected chi connectivity index (χ4v) is 6.78. The average Bonchev–Trinajstić information content (AvgIpc) is 3.40. The fourth-order valence-electron chi connectivity index (χ4n) is 6.78. The summed E-state index contributed by atoms with van der Waals surface area (Å²) in [5.74, 6) is -0.941. The smallest absolute Gasteiger partial charge is 0.305 e. The Hall–Kier alpha value is -4.20. The second-order valence-corrected chi connectivity index (χ2v) is 14.1. The number of rotatable bonds is 12. The second kappa shape index (κ2) is 14.3. The van der Waals surface area contributed by atoms with Crippen molar-refractivity contribution in [1.82, 2.24) is 4.57 Å². The number of hydrogen-bond acceptors (Lipinski definition) is 4. The van der Waals surface area contributed by atoms with E-state index < -0.39 is 5.97 Å². The molecule has 47 heavy (non-hydrogen) atoms. The highest BCUT2D eigenvalue weighted by atomic mass is 16.7. The molecule has 1 aromatic heterocycles. The number of amides is 1. The molecule has 1 fully saturated rings. The number of anilines is 1. The zero-order chi connectivity index (χ0) is 33.8. The van der Waals surface area contributed by atoms with E-state index in [1.54, 1.807) is 0 Å². The van der Waals surface area contributed by atoms with E-state index in [-0.39, 0.29) is 48.1 Å². The van der Waals surface area contributed by atoms with Gasteiger partial charge in [-0.05, 0) is 46.4 Å². The van der Waals surface area contributed by atoms with Crippen LogP contribution in [0.3, 0.4) is 0 Å². The molecule has 0 spiro atoms. The van der Waals surface area contributed by atoms with E-state index >= 15 is 0 Å². The van der Waals surface area contributed by atoms with Crippen molar-refractivity contribution in [2.45, 2.75) is 85.5 Å². The molecule has 2 atom stereocenters. The van der Waals surface area contributed by atoms with Crippen LogP contribution in [0.1, 0.15) is 82.8 Å². The number of aliphatic carboxylic acids is 1. The van der Waals surface area contributed by atoms with Crippen LogP contribution in [-0.4, -0.2) is 40.6 Å². The third-order valence-corrected chi connectivity index (χ3v) is 10.2. The number of carboxylic acids is 1. The number of ether oxygens (including phenoxy) is 2. The molecule has 0 unspecified atom stereocenters. The number of benzene rings is 3. The van der Waals surface area contributed by atoms with Gasteiger partial charge in [0.25, 0.3) is 5.91 Å². The third-order valence-electron chi connectivity index (χ3n) is 10.2. The van der Waals surface area contributed by atoms with Gasteiger partial charge in [-0.25, -0.2) is 0 Å². The standard InChI is InChI=1S/C40H48N2O5/c1-27(2)36-35(38(45)41-30-20-14-9-15-21-30)34(28-16-10-7-11-17-28)37(29-18-12-8-13-19-29)42(36)23-22-39(3,4)40(5,6)32-24-31(25-33(43)44)46-26-47-32/h7-21,27,31-32H,22-26H2,1-6H3,(H,41,45)(H,43,44)/t31-,32+/m0/s1. The first-order chi connectivity index (χ1) is 22.4. The molecule has 1 amide bonds. The van der Waals surface area contributed by atoms with Gasteiger partial charge in [0.05, 0.1) is 29.9 Å². The first-order valence-electron chi connectivity index (χ1n) is 16.6. The van der Waals surface area contributed by atoms with Gasteiger partial charge in [0.1, 0.15) is 6.79 Å². The van der Waals surface area contributed by atoms with E-state index in [9.17, 15) is 14.7 Å². The van der Waals surface area contributed by atoms with Crippen molar-refractivity contribution >= 4 is 17.6 Å². The molecule has 7 heteroatoms. The van der Waals surface area contributed by atoms with Crippen LogP contribution in [0.25, 0.3) is 22.4 Å². The summed E-state index contributed by atoms with van der Waals surface area (Å²) in [5, 5.41) is 12.6. The maximum atomic E-state index is 14.4. The van der Waals surface area contributed by atoms with Crippen molar-refractivity contribution in [3.63, 3.8) is 0 Å². The molecule has 0 aliphatic carbocycles. The van der Waals surface area contributed by atoms with Crippen LogP contribution in [0.4, 0.5) is 5.69 Å². The van der Waals surface area contributed by atoms with E-state index in [0.717, 1.165) is 40.2 Å². The fraction of sp³-hybridized carbons (Fsp3) is 0.400. The summed E-state index contributed by atoms with van der Waals surface area (Å²) in [5.41, 5.74) is 5.89. The highest BCUT2D eigenvalue weighted by Crippen LogP contribution is 2.49. The summed E-state index contributed by atoms with van der Waals surface area (Å²) < 4.78 is 14.2. The molecule has 3 aromatic carbocycles. The monoisotopic (exact) mass is 636 g/mol. The van der Waals surface area contributed by atoms with E-state index in [1.165, 1.54) is 0 Å². The van der Waals surface area contributed by atoms with Crippen molar-refractivity contribution in [3.8, 4) is 22.4 Å². The minimum Gasteiger partial charge on any atom is -0.481 e. The number of nitrogens with zero attached hydrogens (tertiary/aromatic N) is 1. The Morgan fingerprint density at radius 1 is 0.872 bits per heavy atom. The van der Waals surface area contributed by atoms with Crippen LogP contribution in [0.2, 0.25) is 0 Å². The molecule has 0 radical (unpaired) electrons. The van der Waals surface area contributed by atoms with E-state index in [0.29, 0.717) is 18.5 Å². The van der Waals surface area contributed by atoms with Crippen molar-refractivity contribution in [1.29, 1.82) is 0 Å². The normalized spacial score (nSPS) is 17.1. The molecular weight excluding hydrogens is 588 g/mol. The Kier molecular flexibility index (Phi) is 10.4. The summed E-state index contributed by atoms with van der Waals surface area (Å²) >= 11 is 0. The van der Waals surface area contributed by atoms with Gasteiger partial charge in [-0.1, -0.05) is 120 Å². The highest BCUT2D eigenvalue weighted by molar-refractivity contribution is 6.12.